The molecule has 242 valence electrons. The molecule has 1 aliphatic carbocycles. The highest BCUT2D eigenvalue weighted by molar-refractivity contribution is 5.87. The van der Waals surface area contributed by atoms with E-state index in [9.17, 15) is 9.18 Å². The Bertz CT molecular complexity index is 1400. The van der Waals surface area contributed by atoms with Crippen molar-refractivity contribution in [3.05, 3.63) is 106 Å². The number of hydrogen-bond donors (Lipinski definition) is 1. The van der Waals surface area contributed by atoms with E-state index in [0.29, 0.717) is 28.5 Å². The maximum Gasteiger partial charge on any atom is 0.335 e. The number of ether oxygens (including phenoxy) is 1. The van der Waals surface area contributed by atoms with Gasteiger partial charge in [0.2, 0.25) is 5.88 Å². The number of carboxylic acids is 1. The molecular weight excluding hydrogens is 565 g/mol. The predicted molar refractivity (Wildman–Crippen MR) is 180 cm³/mol. The fraction of sp³-hybridized carbons (Fsp3) is 0.447. The van der Waals surface area contributed by atoms with Gasteiger partial charge in [-0.05, 0) is 88.2 Å². The Balaban J connectivity index is 0.000000319. The second-order valence-corrected chi connectivity index (χ2v) is 11.5. The molecule has 3 aromatic rings. The van der Waals surface area contributed by atoms with Crippen molar-refractivity contribution in [2.24, 2.45) is 0 Å². The zero-order valence-electron chi connectivity index (χ0n) is 27.7. The van der Waals surface area contributed by atoms with Crippen molar-refractivity contribution in [1.29, 1.82) is 5.26 Å². The lowest BCUT2D eigenvalue weighted by atomic mass is 9.93. The zero-order chi connectivity index (χ0) is 33.2. The number of likely N-dealkylation sites (tertiary alicyclic amines) is 1. The maximum absolute atomic E-state index is 14.0. The summed E-state index contributed by atoms with van der Waals surface area (Å²) in [5, 5.41) is 17.4. The quantitative estimate of drug-likeness (QED) is 0.267. The average Bonchev–Trinajstić information content (AvgIpc) is 3.64. The summed E-state index contributed by atoms with van der Waals surface area (Å²) in [7, 11) is 0. The third-order valence-corrected chi connectivity index (χ3v) is 7.81. The largest absolute Gasteiger partial charge is 0.478 e. The zero-order valence-corrected chi connectivity index (χ0v) is 27.7. The lowest BCUT2D eigenvalue weighted by molar-refractivity contribution is 0.0696. The molecule has 2 aromatic carbocycles. The number of piperidine rings is 1. The van der Waals surface area contributed by atoms with Crippen LogP contribution in [0, 0.1) is 31.0 Å². The van der Waals surface area contributed by atoms with Gasteiger partial charge in [-0.1, -0.05) is 76.3 Å². The normalized spacial score (nSPS) is 14.3. The summed E-state index contributed by atoms with van der Waals surface area (Å²) in [5.41, 5.74) is 5.43. The maximum atomic E-state index is 14.0. The van der Waals surface area contributed by atoms with E-state index in [0.717, 1.165) is 49.3 Å². The Morgan fingerprint density at radius 1 is 1.02 bits per heavy atom. The number of benzene rings is 2. The molecular formula is C38H50FN3O3. The first kappa shape index (κ1) is 37.2. The van der Waals surface area contributed by atoms with Crippen LogP contribution in [-0.2, 0) is 6.61 Å². The number of pyridine rings is 1. The highest BCUT2D eigenvalue weighted by Crippen LogP contribution is 2.28. The van der Waals surface area contributed by atoms with Gasteiger partial charge in [-0.2, -0.15) is 5.26 Å². The van der Waals surface area contributed by atoms with Crippen molar-refractivity contribution < 1.29 is 19.0 Å². The van der Waals surface area contributed by atoms with E-state index in [-0.39, 0.29) is 6.61 Å². The number of aromatic carboxylic acids is 1. The number of nitrogens with zero attached hydrogens (tertiary/aromatic N) is 3. The van der Waals surface area contributed by atoms with Crippen LogP contribution in [0.1, 0.15) is 110 Å². The standard InChI is InChI=1S/C22H24FN3O.C9H10O2.C5H10.C2H6/c1-16(2)14-26-10-8-18(9-11-26)21-4-3-5-22(25-21)27-15-19-7-6-17(13-24)12-20(19)23;1-6-3-4-8(9(10)11)5-7(6)2;1-2-4-5-3-1;1-2/h3-7,12,18H,1,8-11,14-15H2,2H3;3-5H,1-2H3,(H,10,11);1-5H2;1-2H3. The highest BCUT2D eigenvalue weighted by Gasteiger charge is 2.21. The Kier molecular flexibility index (Phi) is 16.6. The molecule has 45 heavy (non-hydrogen) atoms. The van der Waals surface area contributed by atoms with E-state index in [1.165, 1.54) is 43.7 Å². The van der Waals surface area contributed by atoms with Gasteiger partial charge in [-0.3, -0.25) is 4.90 Å². The number of nitriles is 1. The van der Waals surface area contributed by atoms with Gasteiger partial charge in [0, 0.05) is 29.8 Å². The molecule has 0 spiro atoms. The summed E-state index contributed by atoms with van der Waals surface area (Å²) < 4.78 is 19.7. The number of carbonyl (C=O) groups is 1. The van der Waals surface area contributed by atoms with Crippen molar-refractivity contribution in [2.75, 3.05) is 19.6 Å². The third-order valence-electron chi connectivity index (χ3n) is 7.81. The second-order valence-electron chi connectivity index (χ2n) is 11.5. The van der Waals surface area contributed by atoms with E-state index in [4.69, 9.17) is 15.1 Å². The first-order valence-electron chi connectivity index (χ1n) is 16.1. The number of aromatic nitrogens is 1. The molecule has 1 aliphatic heterocycles. The lowest BCUT2D eigenvalue weighted by Crippen LogP contribution is -2.34. The average molecular weight is 616 g/mol. The van der Waals surface area contributed by atoms with Crippen LogP contribution in [0.3, 0.4) is 0 Å². The third kappa shape index (κ3) is 13.2. The van der Waals surface area contributed by atoms with Crippen LogP contribution in [0.4, 0.5) is 4.39 Å². The summed E-state index contributed by atoms with van der Waals surface area (Å²) >= 11 is 0. The molecule has 0 radical (unpaired) electrons. The van der Waals surface area contributed by atoms with Crippen LogP contribution in [0.2, 0.25) is 0 Å². The predicted octanol–water partition coefficient (Wildman–Crippen LogP) is 9.41. The number of rotatable bonds is 7. The molecule has 0 bridgehead atoms. The van der Waals surface area contributed by atoms with Gasteiger partial charge in [0.25, 0.3) is 0 Å². The van der Waals surface area contributed by atoms with Gasteiger partial charge in [0.05, 0.1) is 17.2 Å². The van der Waals surface area contributed by atoms with Gasteiger partial charge >= 0.3 is 5.97 Å². The molecule has 2 aliphatic rings. The first-order chi connectivity index (χ1) is 21.7. The van der Waals surface area contributed by atoms with Gasteiger partial charge in [-0.15, -0.1) is 0 Å². The Morgan fingerprint density at radius 2 is 1.67 bits per heavy atom. The first-order valence-corrected chi connectivity index (χ1v) is 16.1. The number of halogens is 1. The Labute approximate surface area is 269 Å². The van der Waals surface area contributed by atoms with Crippen molar-refractivity contribution in [3.8, 4) is 11.9 Å². The smallest absolute Gasteiger partial charge is 0.335 e. The molecule has 5 rings (SSSR count). The topological polar surface area (TPSA) is 86.5 Å². The van der Waals surface area contributed by atoms with E-state index in [1.807, 2.05) is 52.0 Å². The molecule has 1 N–H and O–H groups in total. The van der Waals surface area contributed by atoms with Gasteiger partial charge in [0.1, 0.15) is 12.4 Å². The van der Waals surface area contributed by atoms with Crippen molar-refractivity contribution >= 4 is 5.97 Å². The molecule has 2 heterocycles. The summed E-state index contributed by atoms with van der Waals surface area (Å²) in [4.78, 5) is 17.5. The fourth-order valence-electron chi connectivity index (χ4n) is 5.15. The van der Waals surface area contributed by atoms with Gasteiger partial charge in [-0.25, -0.2) is 14.2 Å². The van der Waals surface area contributed by atoms with Gasteiger partial charge in [0.15, 0.2) is 0 Å². The number of carboxylic acid groups (broad SMARTS) is 1. The second kappa shape index (κ2) is 20.1. The van der Waals surface area contributed by atoms with E-state index < -0.39 is 11.8 Å². The number of hydrogen-bond acceptors (Lipinski definition) is 5. The molecule has 7 heteroatoms. The van der Waals surface area contributed by atoms with E-state index in [1.54, 1.807) is 30.3 Å². The minimum atomic E-state index is -0.867. The van der Waals surface area contributed by atoms with Crippen molar-refractivity contribution in [2.45, 2.75) is 92.1 Å². The van der Waals surface area contributed by atoms with Crippen LogP contribution < -0.4 is 4.74 Å². The van der Waals surface area contributed by atoms with Crippen LogP contribution >= 0.6 is 0 Å². The van der Waals surface area contributed by atoms with Crippen LogP contribution in [0.5, 0.6) is 5.88 Å². The fourth-order valence-corrected chi connectivity index (χ4v) is 5.15. The monoisotopic (exact) mass is 615 g/mol. The van der Waals surface area contributed by atoms with Crippen molar-refractivity contribution in [3.63, 3.8) is 0 Å². The van der Waals surface area contributed by atoms with Crippen LogP contribution in [-0.4, -0.2) is 40.6 Å². The van der Waals surface area contributed by atoms with E-state index in [2.05, 4.69) is 23.4 Å². The molecule has 6 nitrogen and oxygen atoms in total. The molecule has 0 amide bonds. The molecule has 0 unspecified atom stereocenters. The van der Waals surface area contributed by atoms with Crippen molar-refractivity contribution in [1.82, 2.24) is 9.88 Å². The molecule has 2 fully saturated rings. The number of aryl methyl sites for hydroxylation is 2. The summed E-state index contributed by atoms with van der Waals surface area (Å²) in [5.74, 6) is -0.384. The summed E-state index contributed by atoms with van der Waals surface area (Å²) in [6, 6.07) is 17.2. The molecule has 0 atom stereocenters. The van der Waals surface area contributed by atoms with E-state index >= 15 is 0 Å². The molecule has 1 aromatic heterocycles. The molecule has 1 saturated heterocycles. The van der Waals surface area contributed by atoms with Gasteiger partial charge < -0.3 is 9.84 Å². The molecule has 1 saturated carbocycles. The summed E-state index contributed by atoms with van der Waals surface area (Å²) in [6.07, 6.45) is 9.63. The van der Waals surface area contributed by atoms with Crippen LogP contribution in [0.15, 0.2) is 66.7 Å². The minimum Gasteiger partial charge on any atom is -0.478 e. The SMILES string of the molecule is C1CCCC1.C=C(C)CN1CCC(c2cccc(OCc3ccc(C#N)cc3F)n2)CC1.CC.Cc1ccc(C(=O)O)cc1C. The summed E-state index contributed by atoms with van der Waals surface area (Å²) in [6.45, 7) is 17.0. The highest BCUT2D eigenvalue weighted by atomic mass is 19.1. The lowest BCUT2D eigenvalue weighted by Gasteiger charge is -2.31. The van der Waals surface area contributed by atoms with Crippen LogP contribution in [0.25, 0.3) is 0 Å². The minimum absolute atomic E-state index is 0.0883. The Hall–Kier alpha value is -4.02. The Morgan fingerprint density at radius 3 is 2.20 bits per heavy atom.